The Bertz CT molecular complexity index is 990. The molecule has 2 aromatic rings. The molecule has 4 rings (SSSR count). The monoisotopic (exact) mass is 465 g/mol. The van der Waals surface area contributed by atoms with Gasteiger partial charge in [0.2, 0.25) is 17.4 Å². The van der Waals surface area contributed by atoms with E-state index in [1.807, 2.05) is 26.0 Å². The molecule has 2 aromatic carbocycles. The van der Waals surface area contributed by atoms with Crippen LogP contribution in [0.15, 0.2) is 60.7 Å². The van der Waals surface area contributed by atoms with Gasteiger partial charge in [-0.25, -0.2) is 4.79 Å². The molecule has 7 heteroatoms. The maximum atomic E-state index is 13.1. The quantitative estimate of drug-likeness (QED) is 0.475. The predicted molar refractivity (Wildman–Crippen MR) is 126 cm³/mol. The highest BCUT2D eigenvalue weighted by Crippen LogP contribution is 2.40. The number of amides is 2. The Morgan fingerprint density at radius 2 is 1.56 bits per heavy atom. The summed E-state index contributed by atoms with van der Waals surface area (Å²) < 4.78 is 5.58. The zero-order valence-corrected chi connectivity index (χ0v) is 19.8. The fraction of sp³-hybridized carbons (Fsp3) is 0.444. The van der Waals surface area contributed by atoms with Crippen molar-refractivity contribution in [2.24, 2.45) is 5.41 Å². The Morgan fingerprint density at radius 3 is 2.03 bits per heavy atom. The van der Waals surface area contributed by atoms with Crippen molar-refractivity contribution >= 4 is 17.8 Å². The van der Waals surface area contributed by atoms with Crippen molar-refractivity contribution in [3.8, 4) is 0 Å². The summed E-state index contributed by atoms with van der Waals surface area (Å²) in [5, 5.41) is 11.5. The third kappa shape index (κ3) is 4.38. The number of imide groups is 1. The van der Waals surface area contributed by atoms with E-state index in [1.54, 1.807) is 48.5 Å². The first-order chi connectivity index (χ1) is 16.3. The third-order valence-corrected chi connectivity index (χ3v) is 7.23. The van der Waals surface area contributed by atoms with Gasteiger partial charge in [-0.1, -0.05) is 60.7 Å². The average molecular weight is 466 g/mol. The molecule has 0 bridgehead atoms. The molecule has 1 spiro atoms. The van der Waals surface area contributed by atoms with Crippen LogP contribution >= 0.6 is 0 Å². The van der Waals surface area contributed by atoms with Crippen LogP contribution in [0.1, 0.15) is 44.2 Å². The normalized spacial score (nSPS) is 23.1. The van der Waals surface area contributed by atoms with Crippen LogP contribution in [0.2, 0.25) is 0 Å². The first-order valence-corrected chi connectivity index (χ1v) is 12.0. The maximum Gasteiger partial charge on any atom is 0.347 e. The Labute approximate surface area is 200 Å². The summed E-state index contributed by atoms with van der Waals surface area (Å²) >= 11 is 0. The number of nitrogens with one attached hydrogen (secondary N) is 1. The van der Waals surface area contributed by atoms with Crippen LogP contribution in [0, 0.1) is 5.41 Å². The largest absolute Gasteiger partial charge is 0.457 e. The molecule has 2 aliphatic heterocycles. The standard InChI is InChI=1S/C27H32N2O5/c1-20(2)29-23(30)19-26(24(29)31)13-15-28(16-14-26)17-18-34-25(32)27(33,21-9-5-3-6-10-21)22-11-7-4-8-12-22/h3-12,20,33H,13-19H2,1-2H3/p+1. The molecule has 2 N–H and O–H groups in total. The van der Waals surface area contributed by atoms with Crippen molar-refractivity contribution in [1.29, 1.82) is 0 Å². The molecule has 2 saturated heterocycles. The Morgan fingerprint density at radius 1 is 1.03 bits per heavy atom. The molecular weight excluding hydrogens is 432 g/mol. The molecule has 0 aromatic heterocycles. The smallest absolute Gasteiger partial charge is 0.347 e. The highest BCUT2D eigenvalue weighted by molar-refractivity contribution is 6.06. The molecule has 7 nitrogen and oxygen atoms in total. The molecule has 0 aliphatic carbocycles. The minimum atomic E-state index is -1.89. The summed E-state index contributed by atoms with van der Waals surface area (Å²) in [5.41, 5.74) is -1.54. The molecule has 34 heavy (non-hydrogen) atoms. The number of carbonyl (C=O) groups is 3. The van der Waals surface area contributed by atoms with E-state index < -0.39 is 17.0 Å². The van der Waals surface area contributed by atoms with Gasteiger partial charge in [-0.15, -0.1) is 0 Å². The van der Waals surface area contributed by atoms with Crippen LogP contribution in [-0.2, 0) is 24.7 Å². The maximum absolute atomic E-state index is 13.1. The highest BCUT2D eigenvalue weighted by atomic mass is 16.5. The second-order valence-corrected chi connectivity index (χ2v) is 9.70. The summed E-state index contributed by atoms with van der Waals surface area (Å²) in [6.45, 7) is 5.96. The van der Waals surface area contributed by atoms with Crippen LogP contribution in [-0.4, -0.2) is 60.1 Å². The predicted octanol–water partition coefficient (Wildman–Crippen LogP) is 1.30. The number of hydrogen-bond donors (Lipinski definition) is 2. The van der Waals surface area contributed by atoms with E-state index >= 15 is 0 Å². The summed E-state index contributed by atoms with van der Waals surface area (Å²) in [5.74, 6) is -0.811. The van der Waals surface area contributed by atoms with Gasteiger partial charge in [0.15, 0.2) is 0 Å². The Kier molecular flexibility index (Phi) is 6.86. The lowest BCUT2D eigenvalue weighted by molar-refractivity contribution is -0.907. The van der Waals surface area contributed by atoms with E-state index in [0.717, 1.165) is 13.1 Å². The lowest BCUT2D eigenvalue weighted by Gasteiger charge is -2.35. The zero-order valence-electron chi connectivity index (χ0n) is 19.8. The minimum absolute atomic E-state index is 0.0336. The topological polar surface area (TPSA) is 88.3 Å². The third-order valence-electron chi connectivity index (χ3n) is 7.23. The van der Waals surface area contributed by atoms with Gasteiger partial charge < -0.3 is 14.7 Å². The molecule has 0 unspecified atom stereocenters. The number of esters is 1. The number of benzene rings is 2. The number of carbonyl (C=O) groups excluding carboxylic acids is 3. The van der Waals surface area contributed by atoms with Gasteiger partial charge >= 0.3 is 5.97 Å². The molecule has 0 saturated carbocycles. The van der Waals surface area contributed by atoms with Crippen molar-refractivity contribution < 1.29 is 29.1 Å². The first kappa shape index (κ1) is 24.1. The Balaban J connectivity index is 1.36. The number of rotatable bonds is 7. The fourth-order valence-corrected chi connectivity index (χ4v) is 5.22. The lowest BCUT2D eigenvalue weighted by atomic mass is 9.77. The van der Waals surface area contributed by atoms with Crippen molar-refractivity contribution in [1.82, 2.24) is 4.90 Å². The fourth-order valence-electron chi connectivity index (χ4n) is 5.22. The summed E-state index contributed by atoms with van der Waals surface area (Å²) in [6.07, 6.45) is 1.61. The van der Waals surface area contributed by atoms with Crippen LogP contribution < -0.4 is 4.90 Å². The molecular formula is C27H33N2O5+. The van der Waals surface area contributed by atoms with Gasteiger partial charge in [-0.3, -0.25) is 14.5 Å². The first-order valence-electron chi connectivity index (χ1n) is 12.0. The van der Waals surface area contributed by atoms with Gasteiger partial charge in [-0.05, 0) is 25.0 Å². The average Bonchev–Trinajstić information content (AvgIpc) is 3.09. The number of aliphatic hydroxyl groups is 1. The van der Waals surface area contributed by atoms with Crippen LogP contribution in [0.25, 0.3) is 0 Å². The summed E-state index contributed by atoms with van der Waals surface area (Å²) in [4.78, 5) is 41.1. The SMILES string of the molecule is CC(C)N1C(=O)CC2(CC[NH+](CCOC(=O)C(O)(c3ccccc3)c3ccccc3)CC2)C1=O. The van der Waals surface area contributed by atoms with E-state index in [0.29, 0.717) is 36.9 Å². The number of piperidine rings is 1. The molecule has 2 aliphatic rings. The molecule has 180 valence electrons. The van der Waals surface area contributed by atoms with Gasteiger partial charge in [0.25, 0.3) is 0 Å². The summed E-state index contributed by atoms with van der Waals surface area (Å²) in [6, 6.07) is 17.5. The van der Waals surface area contributed by atoms with Crippen molar-refractivity contribution in [2.45, 2.75) is 44.8 Å². The van der Waals surface area contributed by atoms with Crippen LogP contribution in [0.3, 0.4) is 0 Å². The minimum Gasteiger partial charge on any atom is -0.457 e. The van der Waals surface area contributed by atoms with Gasteiger partial charge in [0.05, 0.1) is 18.5 Å². The van der Waals surface area contributed by atoms with Crippen LogP contribution in [0.4, 0.5) is 0 Å². The van der Waals surface area contributed by atoms with Crippen molar-refractivity contribution in [3.63, 3.8) is 0 Å². The van der Waals surface area contributed by atoms with Gasteiger partial charge in [0, 0.05) is 25.3 Å². The van der Waals surface area contributed by atoms with Gasteiger partial charge in [0.1, 0.15) is 13.2 Å². The van der Waals surface area contributed by atoms with E-state index in [4.69, 9.17) is 4.74 Å². The molecule has 2 fully saturated rings. The van der Waals surface area contributed by atoms with E-state index in [2.05, 4.69) is 0 Å². The molecule has 0 atom stereocenters. The van der Waals surface area contributed by atoms with E-state index in [-0.39, 0.29) is 24.5 Å². The zero-order chi connectivity index (χ0) is 24.3. The lowest BCUT2D eigenvalue weighted by Crippen LogP contribution is -3.14. The number of nitrogens with zero attached hydrogens (tertiary/aromatic N) is 1. The molecule has 2 amide bonds. The van der Waals surface area contributed by atoms with Crippen LogP contribution in [0.5, 0.6) is 0 Å². The van der Waals surface area contributed by atoms with Gasteiger partial charge in [-0.2, -0.15) is 0 Å². The molecule has 0 radical (unpaired) electrons. The van der Waals surface area contributed by atoms with E-state index in [1.165, 1.54) is 9.80 Å². The number of ether oxygens (including phenoxy) is 1. The number of quaternary nitrogens is 1. The van der Waals surface area contributed by atoms with E-state index in [9.17, 15) is 19.5 Å². The number of likely N-dealkylation sites (tertiary alicyclic amines) is 2. The second kappa shape index (κ2) is 9.68. The van der Waals surface area contributed by atoms with Crippen molar-refractivity contribution in [3.05, 3.63) is 71.8 Å². The highest BCUT2D eigenvalue weighted by Gasteiger charge is 2.54. The molecule has 2 heterocycles. The number of hydrogen-bond acceptors (Lipinski definition) is 5. The Hall–Kier alpha value is -3.03. The second-order valence-electron chi connectivity index (χ2n) is 9.70. The van der Waals surface area contributed by atoms with Crippen molar-refractivity contribution in [2.75, 3.05) is 26.2 Å². The summed E-state index contributed by atoms with van der Waals surface area (Å²) in [7, 11) is 0.